The van der Waals surface area contributed by atoms with Gasteiger partial charge in [-0.1, -0.05) is 18.2 Å². The summed E-state index contributed by atoms with van der Waals surface area (Å²) in [7, 11) is 0. The minimum Gasteiger partial charge on any atom is -0.481 e. The number of amides is 1. The number of ether oxygens (including phenoxy) is 1. The lowest BCUT2D eigenvalue weighted by Gasteiger charge is -2.35. The molecule has 118 valence electrons. The number of para-hydroxylation sites is 1. The fourth-order valence-corrected chi connectivity index (χ4v) is 2.45. The van der Waals surface area contributed by atoms with Crippen molar-refractivity contribution in [3.05, 3.63) is 42.5 Å². The predicted molar refractivity (Wildman–Crippen MR) is 83.0 cm³/mol. The molecular formula is C16H20N2O4. The van der Waals surface area contributed by atoms with E-state index in [1.165, 1.54) is 0 Å². The Morgan fingerprint density at radius 3 is 2.95 bits per heavy atom. The third kappa shape index (κ3) is 3.85. The van der Waals surface area contributed by atoms with Crippen molar-refractivity contribution in [2.24, 2.45) is 0 Å². The van der Waals surface area contributed by atoms with Gasteiger partial charge in [0, 0.05) is 18.8 Å². The Hall–Kier alpha value is -2.34. The average molecular weight is 304 g/mol. The number of nitrogens with one attached hydrogen (secondary N) is 1. The maximum Gasteiger partial charge on any atom is 0.305 e. The summed E-state index contributed by atoms with van der Waals surface area (Å²) < 4.78 is 5.31. The highest BCUT2D eigenvalue weighted by atomic mass is 16.5. The van der Waals surface area contributed by atoms with Gasteiger partial charge in [0.1, 0.15) is 0 Å². The number of anilines is 1. The van der Waals surface area contributed by atoms with E-state index in [-0.39, 0.29) is 18.9 Å². The van der Waals surface area contributed by atoms with Gasteiger partial charge in [0.2, 0.25) is 0 Å². The summed E-state index contributed by atoms with van der Waals surface area (Å²) in [5, 5.41) is 12.1. The van der Waals surface area contributed by atoms with Crippen LogP contribution in [-0.4, -0.2) is 54.2 Å². The van der Waals surface area contributed by atoms with E-state index in [0.29, 0.717) is 30.9 Å². The molecule has 1 aliphatic heterocycles. The summed E-state index contributed by atoms with van der Waals surface area (Å²) in [6.45, 7) is 5.26. The zero-order valence-corrected chi connectivity index (χ0v) is 12.3. The lowest BCUT2D eigenvalue weighted by Crippen LogP contribution is -2.49. The molecule has 22 heavy (non-hydrogen) atoms. The standard InChI is InChI=1S/C16H20N2O4/c1-2-7-17-14-6-4-3-5-13(14)16(21)18-8-9-22-11-12(18)10-15(19)20/h2-6,12,17H,1,7-11H2,(H,19,20)/t12-/m0/s1. The first-order chi connectivity index (χ1) is 10.6. The zero-order valence-electron chi connectivity index (χ0n) is 12.3. The predicted octanol–water partition coefficient (Wildman–Crippen LogP) is 1.60. The molecule has 0 bridgehead atoms. The van der Waals surface area contributed by atoms with Gasteiger partial charge >= 0.3 is 5.97 Å². The molecule has 1 aromatic rings. The molecule has 1 fully saturated rings. The molecule has 1 aliphatic rings. The molecule has 0 aliphatic carbocycles. The first kappa shape index (κ1) is 16.0. The Labute approximate surface area is 129 Å². The van der Waals surface area contributed by atoms with E-state index in [4.69, 9.17) is 9.84 Å². The Bertz CT molecular complexity index is 559. The monoisotopic (exact) mass is 304 g/mol. The summed E-state index contributed by atoms with van der Waals surface area (Å²) in [5.74, 6) is -1.12. The van der Waals surface area contributed by atoms with E-state index >= 15 is 0 Å². The van der Waals surface area contributed by atoms with Crippen LogP contribution in [0.15, 0.2) is 36.9 Å². The number of hydrogen-bond donors (Lipinski definition) is 2. The highest BCUT2D eigenvalue weighted by Crippen LogP contribution is 2.21. The summed E-state index contributed by atoms with van der Waals surface area (Å²) in [6.07, 6.45) is 1.59. The molecule has 1 atom stereocenters. The van der Waals surface area contributed by atoms with Gasteiger partial charge in [-0.05, 0) is 12.1 Å². The van der Waals surface area contributed by atoms with Crippen LogP contribution in [0.4, 0.5) is 5.69 Å². The number of aliphatic carboxylic acids is 1. The first-order valence-electron chi connectivity index (χ1n) is 7.17. The fraction of sp³-hybridized carbons (Fsp3) is 0.375. The Kier molecular flexibility index (Phi) is 5.55. The van der Waals surface area contributed by atoms with Crippen molar-refractivity contribution < 1.29 is 19.4 Å². The van der Waals surface area contributed by atoms with Crippen LogP contribution in [0.1, 0.15) is 16.8 Å². The molecule has 2 N–H and O–H groups in total. The van der Waals surface area contributed by atoms with Crippen LogP contribution in [0.3, 0.4) is 0 Å². The van der Waals surface area contributed by atoms with Crippen LogP contribution in [0.25, 0.3) is 0 Å². The van der Waals surface area contributed by atoms with Crippen LogP contribution < -0.4 is 5.32 Å². The second kappa shape index (κ2) is 7.61. The SMILES string of the molecule is C=CCNc1ccccc1C(=O)N1CCOC[C@@H]1CC(=O)O. The number of carboxylic acids is 1. The van der Waals surface area contributed by atoms with Gasteiger partial charge in [-0.15, -0.1) is 6.58 Å². The second-order valence-electron chi connectivity index (χ2n) is 5.04. The normalized spacial score (nSPS) is 17.8. The molecule has 2 rings (SSSR count). The van der Waals surface area contributed by atoms with Crippen LogP contribution in [-0.2, 0) is 9.53 Å². The molecule has 1 saturated heterocycles. The molecule has 6 nitrogen and oxygen atoms in total. The number of carboxylic acid groups (broad SMARTS) is 1. The van der Waals surface area contributed by atoms with Crippen LogP contribution in [0.5, 0.6) is 0 Å². The molecular weight excluding hydrogens is 284 g/mol. The van der Waals surface area contributed by atoms with Gasteiger partial charge in [-0.3, -0.25) is 9.59 Å². The highest BCUT2D eigenvalue weighted by Gasteiger charge is 2.30. The Morgan fingerprint density at radius 2 is 2.23 bits per heavy atom. The Balaban J connectivity index is 2.21. The average Bonchev–Trinajstić information content (AvgIpc) is 2.52. The van der Waals surface area contributed by atoms with Crippen molar-refractivity contribution in [3.8, 4) is 0 Å². The van der Waals surface area contributed by atoms with E-state index < -0.39 is 12.0 Å². The number of carbonyl (C=O) groups is 2. The van der Waals surface area contributed by atoms with Gasteiger partial charge in [-0.2, -0.15) is 0 Å². The minimum absolute atomic E-state index is 0.117. The second-order valence-corrected chi connectivity index (χ2v) is 5.04. The third-order valence-electron chi connectivity index (χ3n) is 3.49. The quantitative estimate of drug-likeness (QED) is 0.781. The van der Waals surface area contributed by atoms with Gasteiger partial charge in [-0.25, -0.2) is 0 Å². The molecule has 1 amide bonds. The number of rotatable bonds is 6. The maximum atomic E-state index is 12.8. The topological polar surface area (TPSA) is 78.9 Å². The van der Waals surface area contributed by atoms with Gasteiger partial charge in [0.25, 0.3) is 5.91 Å². The van der Waals surface area contributed by atoms with Crippen LogP contribution in [0.2, 0.25) is 0 Å². The van der Waals surface area contributed by atoms with Crippen molar-refractivity contribution >= 4 is 17.6 Å². The highest BCUT2D eigenvalue weighted by molar-refractivity contribution is 6.00. The maximum absolute atomic E-state index is 12.8. The number of carbonyl (C=O) groups excluding carboxylic acids is 1. The number of benzene rings is 1. The van der Waals surface area contributed by atoms with E-state index in [9.17, 15) is 9.59 Å². The Morgan fingerprint density at radius 1 is 1.45 bits per heavy atom. The largest absolute Gasteiger partial charge is 0.481 e. The molecule has 6 heteroatoms. The number of hydrogen-bond acceptors (Lipinski definition) is 4. The van der Waals surface area contributed by atoms with Crippen LogP contribution in [0, 0.1) is 0 Å². The van der Waals surface area contributed by atoms with E-state index in [1.54, 1.807) is 23.1 Å². The molecule has 1 heterocycles. The summed E-state index contributed by atoms with van der Waals surface area (Å²) in [5.41, 5.74) is 1.25. The van der Waals surface area contributed by atoms with Crippen molar-refractivity contribution in [2.75, 3.05) is 31.6 Å². The molecule has 1 aromatic carbocycles. The van der Waals surface area contributed by atoms with E-state index in [2.05, 4.69) is 11.9 Å². The summed E-state index contributed by atoms with van der Waals surface area (Å²) in [6, 6.07) is 6.76. The van der Waals surface area contributed by atoms with Crippen molar-refractivity contribution in [3.63, 3.8) is 0 Å². The molecule has 0 unspecified atom stereocenters. The van der Waals surface area contributed by atoms with Crippen LogP contribution >= 0.6 is 0 Å². The number of morpholine rings is 1. The van der Waals surface area contributed by atoms with Crippen molar-refractivity contribution in [2.45, 2.75) is 12.5 Å². The lowest BCUT2D eigenvalue weighted by atomic mass is 10.1. The number of nitrogens with zero attached hydrogens (tertiary/aromatic N) is 1. The first-order valence-corrected chi connectivity index (χ1v) is 7.17. The third-order valence-corrected chi connectivity index (χ3v) is 3.49. The summed E-state index contributed by atoms with van der Waals surface area (Å²) in [4.78, 5) is 25.3. The molecule has 0 spiro atoms. The van der Waals surface area contributed by atoms with Gasteiger partial charge < -0.3 is 20.1 Å². The van der Waals surface area contributed by atoms with Gasteiger partial charge in [0.15, 0.2) is 0 Å². The molecule has 0 radical (unpaired) electrons. The molecule has 0 aromatic heterocycles. The zero-order chi connectivity index (χ0) is 15.9. The molecule has 0 saturated carbocycles. The minimum atomic E-state index is -0.939. The van der Waals surface area contributed by atoms with Crippen molar-refractivity contribution in [1.29, 1.82) is 0 Å². The van der Waals surface area contributed by atoms with E-state index in [0.717, 1.165) is 0 Å². The lowest BCUT2D eigenvalue weighted by molar-refractivity contribution is -0.139. The van der Waals surface area contributed by atoms with Gasteiger partial charge in [0.05, 0.1) is 31.2 Å². The van der Waals surface area contributed by atoms with E-state index in [1.807, 2.05) is 12.1 Å². The summed E-state index contributed by atoms with van der Waals surface area (Å²) >= 11 is 0. The fourth-order valence-electron chi connectivity index (χ4n) is 2.45. The van der Waals surface area contributed by atoms with Crippen molar-refractivity contribution in [1.82, 2.24) is 4.90 Å². The smallest absolute Gasteiger partial charge is 0.305 e.